The van der Waals surface area contributed by atoms with E-state index < -0.39 is 0 Å². The summed E-state index contributed by atoms with van der Waals surface area (Å²) >= 11 is 5.97. The Balaban J connectivity index is 2.28. The van der Waals surface area contributed by atoms with E-state index in [1.165, 1.54) is 11.9 Å². The van der Waals surface area contributed by atoms with Gasteiger partial charge in [-0.1, -0.05) is 37.6 Å². The molecule has 4 heteroatoms. The number of benzene rings is 1. The van der Waals surface area contributed by atoms with Crippen LogP contribution in [0.2, 0.25) is 5.15 Å². The fraction of sp³-hybridized carbons (Fsp3) is 0.286. The van der Waals surface area contributed by atoms with Gasteiger partial charge in [0.1, 0.15) is 17.3 Å². The van der Waals surface area contributed by atoms with Gasteiger partial charge in [-0.2, -0.15) is 0 Å². The SMILES string of the molecule is Cc1c(Cl)ncnc1Nc1cccc(C(C)C)c1. The van der Waals surface area contributed by atoms with Crippen molar-refractivity contribution in [3.05, 3.63) is 46.9 Å². The van der Waals surface area contributed by atoms with E-state index in [1.807, 2.05) is 19.1 Å². The monoisotopic (exact) mass is 261 g/mol. The van der Waals surface area contributed by atoms with E-state index in [2.05, 4.69) is 41.3 Å². The average Bonchev–Trinajstić information content (AvgIpc) is 2.35. The Kier molecular flexibility index (Phi) is 3.82. The van der Waals surface area contributed by atoms with Gasteiger partial charge in [0.05, 0.1) is 0 Å². The van der Waals surface area contributed by atoms with Crippen LogP contribution in [0.1, 0.15) is 30.9 Å². The lowest BCUT2D eigenvalue weighted by Crippen LogP contribution is -1.99. The van der Waals surface area contributed by atoms with Crippen molar-refractivity contribution in [2.24, 2.45) is 0 Å². The molecule has 2 aromatic rings. The van der Waals surface area contributed by atoms with Crippen LogP contribution in [0.4, 0.5) is 11.5 Å². The number of hydrogen-bond donors (Lipinski definition) is 1. The molecule has 2 rings (SSSR count). The first-order valence-electron chi connectivity index (χ1n) is 5.92. The third-order valence-corrected chi connectivity index (χ3v) is 3.22. The summed E-state index contributed by atoms with van der Waals surface area (Å²) in [5.74, 6) is 1.25. The molecule has 1 heterocycles. The number of rotatable bonds is 3. The lowest BCUT2D eigenvalue weighted by Gasteiger charge is -2.11. The lowest BCUT2D eigenvalue weighted by molar-refractivity contribution is 0.867. The topological polar surface area (TPSA) is 37.8 Å². The van der Waals surface area contributed by atoms with Crippen LogP contribution in [0, 0.1) is 6.92 Å². The highest BCUT2D eigenvalue weighted by Crippen LogP contribution is 2.24. The van der Waals surface area contributed by atoms with E-state index in [-0.39, 0.29) is 0 Å². The van der Waals surface area contributed by atoms with Crippen molar-refractivity contribution < 1.29 is 0 Å². The van der Waals surface area contributed by atoms with Gasteiger partial charge in [-0.05, 0) is 30.5 Å². The fourth-order valence-electron chi connectivity index (χ4n) is 1.67. The van der Waals surface area contributed by atoms with E-state index in [4.69, 9.17) is 11.6 Å². The van der Waals surface area contributed by atoms with Crippen LogP contribution in [0.25, 0.3) is 0 Å². The van der Waals surface area contributed by atoms with Crippen molar-refractivity contribution >= 4 is 23.1 Å². The molecule has 0 radical (unpaired) electrons. The van der Waals surface area contributed by atoms with Crippen LogP contribution in [0.3, 0.4) is 0 Å². The van der Waals surface area contributed by atoms with Crippen LogP contribution in [0.5, 0.6) is 0 Å². The maximum atomic E-state index is 5.97. The largest absolute Gasteiger partial charge is 0.340 e. The summed E-state index contributed by atoms with van der Waals surface area (Å²) in [5.41, 5.74) is 3.16. The molecule has 0 unspecified atom stereocenters. The van der Waals surface area contributed by atoms with E-state index in [0.717, 1.165) is 17.1 Å². The highest BCUT2D eigenvalue weighted by molar-refractivity contribution is 6.30. The molecule has 3 nitrogen and oxygen atoms in total. The molecule has 0 saturated heterocycles. The Morgan fingerprint density at radius 1 is 1.22 bits per heavy atom. The van der Waals surface area contributed by atoms with Crippen molar-refractivity contribution in [3.63, 3.8) is 0 Å². The van der Waals surface area contributed by atoms with Gasteiger partial charge in [-0.25, -0.2) is 9.97 Å². The van der Waals surface area contributed by atoms with Crippen molar-refractivity contribution in [1.82, 2.24) is 9.97 Å². The third kappa shape index (κ3) is 2.79. The standard InChI is InChI=1S/C14H16ClN3/c1-9(2)11-5-4-6-12(7-11)18-14-10(3)13(15)16-8-17-14/h4-9H,1-3H3,(H,16,17,18). The Labute approximate surface area is 112 Å². The van der Waals surface area contributed by atoms with E-state index in [0.29, 0.717) is 11.1 Å². The zero-order chi connectivity index (χ0) is 13.1. The van der Waals surface area contributed by atoms with Crippen LogP contribution >= 0.6 is 11.6 Å². The Hall–Kier alpha value is -1.61. The Morgan fingerprint density at radius 3 is 2.72 bits per heavy atom. The molecular formula is C14H16ClN3. The maximum Gasteiger partial charge on any atom is 0.138 e. The van der Waals surface area contributed by atoms with Crippen molar-refractivity contribution in [1.29, 1.82) is 0 Å². The molecule has 0 spiro atoms. The van der Waals surface area contributed by atoms with Gasteiger partial charge < -0.3 is 5.32 Å². The number of aromatic nitrogens is 2. The molecule has 1 aromatic carbocycles. The minimum Gasteiger partial charge on any atom is -0.340 e. The van der Waals surface area contributed by atoms with E-state index >= 15 is 0 Å². The number of anilines is 2. The molecule has 94 valence electrons. The molecular weight excluding hydrogens is 246 g/mol. The second-order valence-electron chi connectivity index (χ2n) is 4.54. The summed E-state index contributed by atoms with van der Waals surface area (Å²) in [7, 11) is 0. The number of nitrogens with one attached hydrogen (secondary N) is 1. The summed E-state index contributed by atoms with van der Waals surface area (Å²) in [6.07, 6.45) is 1.46. The molecule has 0 aliphatic carbocycles. The summed E-state index contributed by atoms with van der Waals surface area (Å²) in [5, 5.41) is 3.75. The summed E-state index contributed by atoms with van der Waals surface area (Å²) in [6.45, 7) is 6.24. The van der Waals surface area contributed by atoms with Crippen LogP contribution < -0.4 is 5.32 Å². The maximum absolute atomic E-state index is 5.97. The van der Waals surface area contributed by atoms with Gasteiger partial charge in [0.25, 0.3) is 0 Å². The van der Waals surface area contributed by atoms with Crippen molar-refractivity contribution in [3.8, 4) is 0 Å². The Morgan fingerprint density at radius 2 is 2.00 bits per heavy atom. The predicted molar refractivity (Wildman–Crippen MR) is 75.6 cm³/mol. The second-order valence-corrected chi connectivity index (χ2v) is 4.90. The average molecular weight is 262 g/mol. The minimum absolute atomic E-state index is 0.479. The molecule has 0 amide bonds. The van der Waals surface area contributed by atoms with Crippen LogP contribution in [-0.2, 0) is 0 Å². The number of nitrogens with zero attached hydrogens (tertiary/aromatic N) is 2. The number of hydrogen-bond acceptors (Lipinski definition) is 3. The molecule has 0 saturated carbocycles. The quantitative estimate of drug-likeness (QED) is 0.837. The third-order valence-electron chi connectivity index (χ3n) is 2.84. The highest BCUT2D eigenvalue weighted by Gasteiger charge is 2.06. The van der Waals surface area contributed by atoms with E-state index in [1.54, 1.807) is 0 Å². The lowest BCUT2D eigenvalue weighted by atomic mass is 10.0. The predicted octanol–water partition coefficient (Wildman–Crippen LogP) is 4.31. The minimum atomic E-state index is 0.479. The molecule has 1 aromatic heterocycles. The highest BCUT2D eigenvalue weighted by atomic mass is 35.5. The first-order valence-corrected chi connectivity index (χ1v) is 6.30. The van der Waals surface area contributed by atoms with Gasteiger partial charge in [0, 0.05) is 11.3 Å². The van der Waals surface area contributed by atoms with Crippen LogP contribution in [0.15, 0.2) is 30.6 Å². The molecule has 0 aliphatic rings. The van der Waals surface area contributed by atoms with Crippen LogP contribution in [-0.4, -0.2) is 9.97 Å². The van der Waals surface area contributed by atoms with Crippen molar-refractivity contribution in [2.75, 3.05) is 5.32 Å². The Bertz CT molecular complexity index is 552. The number of halogens is 1. The first-order chi connectivity index (χ1) is 8.58. The van der Waals surface area contributed by atoms with Gasteiger partial charge in [-0.3, -0.25) is 0 Å². The normalized spacial score (nSPS) is 10.7. The van der Waals surface area contributed by atoms with Crippen molar-refractivity contribution in [2.45, 2.75) is 26.7 Å². The zero-order valence-corrected chi connectivity index (χ0v) is 11.5. The van der Waals surface area contributed by atoms with Gasteiger partial charge >= 0.3 is 0 Å². The molecule has 0 bridgehead atoms. The van der Waals surface area contributed by atoms with E-state index in [9.17, 15) is 0 Å². The summed E-state index contributed by atoms with van der Waals surface area (Å²) < 4.78 is 0. The zero-order valence-electron chi connectivity index (χ0n) is 10.7. The summed E-state index contributed by atoms with van der Waals surface area (Å²) in [4.78, 5) is 8.14. The summed E-state index contributed by atoms with van der Waals surface area (Å²) in [6, 6.07) is 8.30. The molecule has 0 fully saturated rings. The molecule has 18 heavy (non-hydrogen) atoms. The van der Waals surface area contributed by atoms with Gasteiger partial charge in [0.2, 0.25) is 0 Å². The molecule has 0 atom stereocenters. The molecule has 1 N–H and O–H groups in total. The van der Waals surface area contributed by atoms with Gasteiger partial charge in [-0.15, -0.1) is 0 Å². The first kappa shape index (κ1) is 12.8. The second kappa shape index (κ2) is 5.36. The smallest absolute Gasteiger partial charge is 0.138 e. The van der Waals surface area contributed by atoms with Gasteiger partial charge in [0.15, 0.2) is 0 Å². The fourth-order valence-corrected chi connectivity index (χ4v) is 1.80. The molecule has 0 aliphatic heterocycles.